The predicted molar refractivity (Wildman–Crippen MR) is 207 cm³/mol. The molecule has 0 aliphatic carbocycles. The summed E-state index contributed by atoms with van der Waals surface area (Å²) in [6, 6.07) is 57.5. The highest BCUT2D eigenvalue weighted by molar-refractivity contribution is 7.25. The van der Waals surface area contributed by atoms with E-state index in [9.17, 15) is 0 Å². The Morgan fingerprint density at radius 2 is 1.00 bits per heavy atom. The van der Waals surface area contributed by atoms with Gasteiger partial charge in [0.25, 0.3) is 0 Å². The fourth-order valence-electron chi connectivity index (χ4n) is 8.07. The molecule has 0 atom stereocenters. The molecule has 0 saturated heterocycles. The van der Waals surface area contributed by atoms with Gasteiger partial charge in [-0.05, 0) is 64.0 Å². The van der Waals surface area contributed by atoms with Gasteiger partial charge in [0.1, 0.15) is 0 Å². The number of rotatable bonds is 2. The molecular weight excluding hydrogens is 601 g/mol. The van der Waals surface area contributed by atoms with Crippen molar-refractivity contribution in [3.63, 3.8) is 0 Å². The third kappa shape index (κ3) is 3.54. The molecule has 3 heterocycles. The summed E-state index contributed by atoms with van der Waals surface area (Å²) in [6.07, 6.45) is 0. The minimum absolute atomic E-state index is 1.01. The molecule has 11 aromatic rings. The SMILES string of the molecule is c1ccc2c(c1)nc(-c1ccc(-n3c4ccccc4c4cc5c(cc43)sc3ccccc35)cc1)c1c3ccccc3c3ccccc3c21. The molecule has 0 fully saturated rings. The van der Waals surface area contributed by atoms with E-state index in [1.807, 2.05) is 11.3 Å². The molecule has 0 aliphatic rings. The summed E-state index contributed by atoms with van der Waals surface area (Å²) in [4.78, 5) is 5.37. The van der Waals surface area contributed by atoms with Gasteiger partial charge >= 0.3 is 0 Å². The van der Waals surface area contributed by atoms with Crippen molar-refractivity contribution in [1.82, 2.24) is 9.55 Å². The fraction of sp³-hybridized carbons (Fsp3) is 0. The van der Waals surface area contributed by atoms with E-state index in [0.29, 0.717) is 0 Å². The minimum atomic E-state index is 1.01. The van der Waals surface area contributed by atoms with Crippen LogP contribution in [-0.4, -0.2) is 9.55 Å². The second-order valence-electron chi connectivity index (χ2n) is 12.7. The summed E-state index contributed by atoms with van der Waals surface area (Å²) in [7, 11) is 0. The molecule has 222 valence electrons. The maximum atomic E-state index is 5.37. The number of thiophene rings is 1. The first-order valence-electron chi connectivity index (χ1n) is 16.4. The molecule has 0 saturated carbocycles. The number of fused-ring (bicyclic) bond motifs is 14. The van der Waals surface area contributed by atoms with Gasteiger partial charge in [-0.1, -0.05) is 115 Å². The van der Waals surface area contributed by atoms with Gasteiger partial charge in [0.15, 0.2) is 0 Å². The lowest BCUT2D eigenvalue weighted by atomic mass is 9.90. The molecule has 11 rings (SSSR count). The second-order valence-corrected chi connectivity index (χ2v) is 13.8. The number of para-hydroxylation sites is 2. The van der Waals surface area contributed by atoms with Crippen LogP contribution in [0.4, 0.5) is 0 Å². The molecular formula is C45H26N2S. The van der Waals surface area contributed by atoms with Crippen LogP contribution in [0.1, 0.15) is 0 Å². The average Bonchev–Trinajstić information content (AvgIpc) is 3.68. The fourth-order valence-corrected chi connectivity index (χ4v) is 9.19. The Balaban J connectivity index is 1.18. The van der Waals surface area contributed by atoms with Crippen LogP contribution < -0.4 is 0 Å². The number of nitrogens with zero attached hydrogens (tertiary/aromatic N) is 2. The second kappa shape index (κ2) is 9.74. The molecule has 0 bridgehead atoms. The number of hydrogen-bond acceptors (Lipinski definition) is 2. The highest BCUT2D eigenvalue weighted by Crippen LogP contribution is 2.44. The molecule has 48 heavy (non-hydrogen) atoms. The number of pyridine rings is 1. The Hall–Kier alpha value is -6.03. The van der Waals surface area contributed by atoms with Gasteiger partial charge in [-0.25, -0.2) is 4.98 Å². The van der Waals surface area contributed by atoms with Crippen LogP contribution in [0.25, 0.3) is 102 Å². The Bertz CT molecular complexity index is 3110. The highest BCUT2D eigenvalue weighted by Gasteiger charge is 2.19. The lowest BCUT2D eigenvalue weighted by Crippen LogP contribution is -1.95. The van der Waals surface area contributed by atoms with Crippen molar-refractivity contribution in [2.45, 2.75) is 0 Å². The van der Waals surface area contributed by atoms with Gasteiger partial charge in [-0.3, -0.25) is 0 Å². The molecule has 0 radical (unpaired) electrons. The van der Waals surface area contributed by atoms with E-state index in [0.717, 1.165) is 22.5 Å². The van der Waals surface area contributed by atoms with Crippen LogP contribution >= 0.6 is 11.3 Å². The molecule has 0 spiro atoms. The first kappa shape index (κ1) is 26.1. The summed E-state index contributed by atoms with van der Waals surface area (Å²) in [5, 5.41) is 13.9. The van der Waals surface area contributed by atoms with E-state index < -0.39 is 0 Å². The minimum Gasteiger partial charge on any atom is -0.309 e. The van der Waals surface area contributed by atoms with E-state index in [4.69, 9.17) is 4.98 Å². The summed E-state index contributed by atoms with van der Waals surface area (Å²) in [6.45, 7) is 0. The molecule has 2 nitrogen and oxygen atoms in total. The van der Waals surface area contributed by atoms with E-state index >= 15 is 0 Å². The quantitative estimate of drug-likeness (QED) is 0.175. The predicted octanol–water partition coefficient (Wildman–Crippen LogP) is 12.8. The van der Waals surface area contributed by atoms with Crippen LogP contribution in [0.5, 0.6) is 0 Å². The topological polar surface area (TPSA) is 17.8 Å². The van der Waals surface area contributed by atoms with Crippen LogP contribution in [0.15, 0.2) is 158 Å². The van der Waals surface area contributed by atoms with Gasteiger partial charge in [0.2, 0.25) is 0 Å². The van der Waals surface area contributed by atoms with Crippen molar-refractivity contribution in [2.75, 3.05) is 0 Å². The summed E-state index contributed by atoms with van der Waals surface area (Å²) in [5.74, 6) is 0. The maximum absolute atomic E-state index is 5.37. The first-order chi connectivity index (χ1) is 23.8. The third-order valence-electron chi connectivity index (χ3n) is 10.1. The van der Waals surface area contributed by atoms with Crippen molar-refractivity contribution >= 4 is 96.5 Å². The van der Waals surface area contributed by atoms with Crippen LogP contribution in [0.3, 0.4) is 0 Å². The highest BCUT2D eigenvalue weighted by atomic mass is 32.1. The van der Waals surface area contributed by atoms with Gasteiger partial charge in [-0.2, -0.15) is 0 Å². The van der Waals surface area contributed by atoms with E-state index in [2.05, 4.69) is 162 Å². The van der Waals surface area contributed by atoms with E-state index in [1.54, 1.807) is 0 Å². The molecule has 0 aliphatic heterocycles. The van der Waals surface area contributed by atoms with Gasteiger partial charge < -0.3 is 4.57 Å². The largest absolute Gasteiger partial charge is 0.309 e. The first-order valence-corrected chi connectivity index (χ1v) is 17.2. The maximum Gasteiger partial charge on any atom is 0.0794 e. The van der Waals surface area contributed by atoms with E-state index in [1.165, 1.54) is 79.7 Å². The van der Waals surface area contributed by atoms with Crippen LogP contribution in [0, 0.1) is 0 Å². The van der Waals surface area contributed by atoms with Crippen LogP contribution in [0.2, 0.25) is 0 Å². The van der Waals surface area contributed by atoms with Crippen LogP contribution in [-0.2, 0) is 0 Å². The van der Waals surface area contributed by atoms with Gasteiger partial charge in [-0.15, -0.1) is 11.3 Å². The Kier molecular flexibility index (Phi) is 5.29. The smallest absolute Gasteiger partial charge is 0.0794 e. The zero-order valence-electron chi connectivity index (χ0n) is 25.8. The number of hydrogen-bond donors (Lipinski definition) is 0. The van der Waals surface area contributed by atoms with Gasteiger partial charge in [0, 0.05) is 58.4 Å². The zero-order valence-corrected chi connectivity index (χ0v) is 26.6. The lowest BCUT2D eigenvalue weighted by Gasteiger charge is -2.16. The zero-order chi connectivity index (χ0) is 31.3. The number of benzene rings is 8. The third-order valence-corrected chi connectivity index (χ3v) is 11.3. The summed E-state index contributed by atoms with van der Waals surface area (Å²) < 4.78 is 5.07. The van der Waals surface area contributed by atoms with Gasteiger partial charge in [0.05, 0.1) is 22.2 Å². The Morgan fingerprint density at radius 3 is 1.77 bits per heavy atom. The van der Waals surface area contributed by atoms with E-state index in [-0.39, 0.29) is 0 Å². The molecule has 0 amide bonds. The van der Waals surface area contributed by atoms with Crippen molar-refractivity contribution in [3.8, 4) is 16.9 Å². The Morgan fingerprint density at radius 1 is 0.396 bits per heavy atom. The van der Waals surface area contributed by atoms with Crippen molar-refractivity contribution in [1.29, 1.82) is 0 Å². The average molecular weight is 627 g/mol. The summed E-state index contributed by atoms with van der Waals surface area (Å²) >= 11 is 1.87. The number of aromatic nitrogens is 2. The normalized spacial score (nSPS) is 12.2. The lowest BCUT2D eigenvalue weighted by molar-refractivity contribution is 1.18. The van der Waals surface area contributed by atoms with Crippen molar-refractivity contribution in [2.24, 2.45) is 0 Å². The summed E-state index contributed by atoms with van der Waals surface area (Å²) in [5.41, 5.74) is 6.74. The molecule has 3 aromatic heterocycles. The Labute approximate surface area is 279 Å². The monoisotopic (exact) mass is 626 g/mol. The standard InChI is InChI=1S/C45H26N2S/c1-3-15-33-29(11-1)30-12-2-4-16-34(30)44-43(33)35-17-5-8-18-38(35)46-45(44)27-21-23-28(24-22-27)47-39-19-9-6-13-31(39)36-25-37-32-14-7-10-20-41(32)48-42(37)26-40(36)47/h1-26H. The van der Waals surface area contributed by atoms with Crippen molar-refractivity contribution < 1.29 is 0 Å². The molecule has 0 unspecified atom stereocenters. The molecule has 3 heteroatoms. The molecule has 0 N–H and O–H groups in total. The molecule has 8 aromatic carbocycles. The van der Waals surface area contributed by atoms with Crippen molar-refractivity contribution in [3.05, 3.63) is 158 Å².